The zero-order valence-corrected chi connectivity index (χ0v) is 22.6. The Morgan fingerprint density at radius 2 is 1.72 bits per heavy atom. The molecule has 1 aromatic carbocycles. The first-order valence-electron chi connectivity index (χ1n) is 13.6. The van der Waals surface area contributed by atoms with Crippen LogP contribution in [0.1, 0.15) is 76.7 Å². The van der Waals surface area contributed by atoms with Gasteiger partial charge in [0.1, 0.15) is 11.6 Å². The summed E-state index contributed by atoms with van der Waals surface area (Å²) >= 11 is 0. The minimum Gasteiger partial charge on any atom is -0.342 e. The van der Waals surface area contributed by atoms with E-state index in [9.17, 15) is 18.0 Å². The number of hydrogen-bond donors (Lipinski definition) is 2. The minimum atomic E-state index is -3.30. The van der Waals surface area contributed by atoms with Gasteiger partial charge in [-0.25, -0.2) is 8.42 Å². The number of carbonyl (C=O) groups excluding carboxylic acids is 2. The van der Waals surface area contributed by atoms with Gasteiger partial charge in [0.25, 0.3) is 0 Å². The Morgan fingerprint density at radius 1 is 1.06 bits per heavy atom. The van der Waals surface area contributed by atoms with E-state index in [0.29, 0.717) is 31.0 Å². The fourth-order valence-corrected chi connectivity index (χ4v) is 6.73. The van der Waals surface area contributed by atoms with E-state index in [2.05, 4.69) is 21.9 Å². The lowest BCUT2D eigenvalue weighted by atomic mass is 9.79. The molecule has 0 radical (unpaired) electrons. The lowest BCUT2D eigenvalue weighted by molar-refractivity contribution is -0.162. The standard InChI is InChI=1S/C27H42N4O4S/c1-3-4-16-31-25(32)24(19-21-8-6-5-7-9-21)28-26(33)27(31)14-17-30(18-15-27)20-22-10-12-23(13-11-22)29-36(2,34)35/h10-13,21,24,29H,3-9,14-20H2,1-2H3,(H,28,33). The predicted molar refractivity (Wildman–Crippen MR) is 142 cm³/mol. The second-order valence-electron chi connectivity index (χ2n) is 11.0. The van der Waals surface area contributed by atoms with Crippen LogP contribution >= 0.6 is 0 Å². The van der Waals surface area contributed by atoms with Crippen molar-refractivity contribution in [2.45, 2.75) is 89.3 Å². The average molecular weight is 519 g/mol. The highest BCUT2D eigenvalue weighted by Gasteiger charge is 2.53. The number of carbonyl (C=O) groups is 2. The van der Waals surface area contributed by atoms with E-state index in [1.165, 1.54) is 32.1 Å². The summed E-state index contributed by atoms with van der Waals surface area (Å²) in [6, 6.07) is 7.03. The Balaban J connectivity index is 1.40. The van der Waals surface area contributed by atoms with Crippen molar-refractivity contribution >= 4 is 27.5 Å². The molecule has 3 aliphatic rings. The van der Waals surface area contributed by atoms with Gasteiger partial charge in [0.15, 0.2) is 0 Å². The van der Waals surface area contributed by atoms with Crippen LogP contribution in [0.4, 0.5) is 5.69 Å². The Hall–Kier alpha value is -2.13. The molecule has 1 spiro atoms. The van der Waals surface area contributed by atoms with Crippen molar-refractivity contribution in [3.63, 3.8) is 0 Å². The molecule has 3 fully saturated rings. The summed E-state index contributed by atoms with van der Waals surface area (Å²) in [5.41, 5.74) is 0.893. The molecule has 1 saturated carbocycles. The summed E-state index contributed by atoms with van der Waals surface area (Å²) in [6.45, 7) is 4.97. The molecular weight excluding hydrogens is 476 g/mol. The van der Waals surface area contributed by atoms with Crippen LogP contribution in [0.5, 0.6) is 0 Å². The molecule has 2 heterocycles. The summed E-state index contributed by atoms with van der Waals surface area (Å²) in [4.78, 5) is 31.5. The van der Waals surface area contributed by atoms with Crippen LogP contribution in [0.25, 0.3) is 0 Å². The molecule has 0 aromatic heterocycles. The maximum absolute atomic E-state index is 13.7. The van der Waals surface area contributed by atoms with Gasteiger partial charge in [-0.1, -0.05) is 57.6 Å². The van der Waals surface area contributed by atoms with Gasteiger partial charge in [0.05, 0.1) is 6.26 Å². The zero-order valence-electron chi connectivity index (χ0n) is 21.8. The summed E-state index contributed by atoms with van der Waals surface area (Å²) in [7, 11) is -3.30. The van der Waals surface area contributed by atoms with E-state index >= 15 is 0 Å². The van der Waals surface area contributed by atoms with Crippen LogP contribution < -0.4 is 10.0 Å². The fraction of sp³-hybridized carbons (Fsp3) is 0.704. The number of rotatable bonds is 9. The average Bonchev–Trinajstić information content (AvgIpc) is 2.85. The van der Waals surface area contributed by atoms with Gasteiger partial charge >= 0.3 is 0 Å². The number of piperidine rings is 1. The van der Waals surface area contributed by atoms with Crippen LogP contribution in [0.2, 0.25) is 0 Å². The SMILES string of the molecule is CCCCN1C(=O)C(CC2CCCCC2)NC(=O)C12CCN(Cc1ccc(NS(C)(=O)=O)cc1)CC2. The Kier molecular flexibility index (Phi) is 8.60. The van der Waals surface area contributed by atoms with E-state index in [1.807, 2.05) is 17.0 Å². The first kappa shape index (κ1) is 26.9. The lowest BCUT2D eigenvalue weighted by Crippen LogP contribution is -2.73. The molecule has 4 rings (SSSR count). The normalized spacial score (nSPS) is 23.6. The molecule has 0 bridgehead atoms. The quantitative estimate of drug-likeness (QED) is 0.521. The van der Waals surface area contributed by atoms with Crippen LogP contribution in [-0.2, 0) is 26.2 Å². The summed E-state index contributed by atoms with van der Waals surface area (Å²) in [5.74, 6) is 0.696. The number of unbranched alkanes of at least 4 members (excludes halogenated alkanes) is 1. The van der Waals surface area contributed by atoms with Crippen molar-refractivity contribution in [1.82, 2.24) is 15.1 Å². The molecule has 1 aliphatic carbocycles. The third-order valence-corrected chi connectivity index (χ3v) is 8.79. The van der Waals surface area contributed by atoms with E-state index in [0.717, 1.165) is 50.7 Å². The number of piperazine rings is 1. The lowest BCUT2D eigenvalue weighted by Gasteiger charge is -2.52. The number of nitrogens with one attached hydrogen (secondary N) is 2. The maximum atomic E-state index is 13.7. The van der Waals surface area contributed by atoms with Crippen LogP contribution in [0.3, 0.4) is 0 Å². The fourth-order valence-electron chi connectivity index (χ4n) is 6.16. The molecule has 1 atom stereocenters. The molecule has 36 heavy (non-hydrogen) atoms. The Labute approximate surface area is 216 Å². The third-order valence-electron chi connectivity index (χ3n) is 8.18. The van der Waals surface area contributed by atoms with Crippen LogP contribution in [0.15, 0.2) is 24.3 Å². The topological polar surface area (TPSA) is 98.8 Å². The Bertz CT molecular complexity index is 1010. The molecule has 2 saturated heterocycles. The summed E-state index contributed by atoms with van der Waals surface area (Å²) in [5, 5.41) is 3.17. The van der Waals surface area contributed by atoms with Gasteiger partial charge in [0, 0.05) is 31.9 Å². The predicted octanol–water partition coefficient (Wildman–Crippen LogP) is 3.49. The van der Waals surface area contributed by atoms with E-state index < -0.39 is 15.6 Å². The van der Waals surface area contributed by atoms with Crippen LogP contribution in [-0.4, -0.2) is 67.5 Å². The number of amides is 2. The number of anilines is 1. The summed E-state index contributed by atoms with van der Waals surface area (Å²) in [6.07, 6.45) is 11.2. The van der Waals surface area contributed by atoms with Crippen molar-refractivity contribution in [2.75, 3.05) is 30.6 Å². The highest BCUT2D eigenvalue weighted by Crippen LogP contribution is 2.36. The van der Waals surface area contributed by atoms with Gasteiger partial charge in [-0.15, -0.1) is 0 Å². The monoisotopic (exact) mass is 518 g/mol. The highest BCUT2D eigenvalue weighted by molar-refractivity contribution is 7.92. The molecule has 1 unspecified atom stereocenters. The molecule has 2 amide bonds. The van der Waals surface area contributed by atoms with Gasteiger partial charge in [-0.05, 0) is 49.3 Å². The second-order valence-corrected chi connectivity index (χ2v) is 12.7. The molecule has 1 aromatic rings. The molecular formula is C27H42N4O4S. The molecule has 200 valence electrons. The maximum Gasteiger partial charge on any atom is 0.246 e. The van der Waals surface area contributed by atoms with E-state index in [-0.39, 0.29) is 17.9 Å². The second kappa shape index (κ2) is 11.5. The molecule has 8 nitrogen and oxygen atoms in total. The number of likely N-dealkylation sites (tertiary alicyclic amines) is 1. The first-order valence-corrected chi connectivity index (χ1v) is 15.5. The van der Waals surface area contributed by atoms with Crippen molar-refractivity contribution < 1.29 is 18.0 Å². The smallest absolute Gasteiger partial charge is 0.246 e. The van der Waals surface area contributed by atoms with Gasteiger partial charge in [-0.2, -0.15) is 0 Å². The first-order chi connectivity index (χ1) is 17.2. The summed E-state index contributed by atoms with van der Waals surface area (Å²) < 4.78 is 25.4. The molecule has 2 aliphatic heterocycles. The number of nitrogens with zero attached hydrogens (tertiary/aromatic N) is 2. The van der Waals surface area contributed by atoms with Crippen molar-refractivity contribution in [3.8, 4) is 0 Å². The Morgan fingerprint density at radius 3 is 2.33 bits per heavy atom. The van der Waals surface area contributed by atoms with Crippen molar-refractivity contribution in [3.05, 3.63) is 29.8 Å². The third kappa shape index (κ3) is 6.40. The van der Waals surface area contributed by atoms with Crippen LogP contribution in [0, 0.1) is 5.92 Å². The molecule has 2 N–H and O–H groups in total. The van der Waals surface area contributed by atoms with E-state index in [4.69, 9.17) is 0 Å². The molecule has 9 heteroatoms. The number of sulfonamides is 1. The zero-order chi connectivity index (χ0) is 25.8. The minimum absolute atomic E-state index is 0.0369. The number of hydrogen-bond acceptors (Lipinski definition) is 5. The van der Waals surface area contributed by atoms with Gasteiger partial charge < -0.3 is 10.2 Å². The van der Waals surface area contributed by atoms with Gasteiger partial charge in [-0.3, -0.25) is 19.2 Å². The highest BCUT2D eigenvalue weighted by atomic mass is 32.2. The van der Waals surface area contributed by atoms with E-state index in [1.54, 1.807) is 12.1 Å². The van der Waals surface area contributed by atoms with Crippen molar-refractivity contribution in [2.24, 2.45) is 5.92 Å². The largest absolute Gasteiger partial charge is 0.342 e. The number of benzene rings is 1. The van der Waals surface area contributed by atoms with Gasteiger partial charge in [0.2, 0.25) is 21.8 Å². The van der Waals surface area contributed by atoms with Crippen molar-refractivity contribution in [1.29, 1.82) is 0 Å².